The number of hydrogen-bond acceptors (Lipinski definition) is 1. The quantitative estimate of drug-likeness (QED) is 0.701. The first-order valence-electron chi connectivity index (χ1n) is 2.15. The third-order valence-corrected chi connectivity index (χ3v) is 14.7. The summed E-state index contributed by atoms with van der Waals surface area (Å²) < 4.78 is 5.62. The summed E-state index contributed by atoms with van der Waals surface area (Å²) in [5, 5.41) is 0. The molecule has 0 N–H and O–H groups in total. The maximum atomic E-state index is 5.62. The van der Waals surface area contributed by atoms with E-state index in [9.17, 15) is 0 Å². The van der Waals surface area contributed by atoms with Crippen molar-refractivity contribution in [2.24, 2.45) is 0 Å². The summed E-state index contributed by atoms with van der Waals surface area (Å²) in [7, 11) is 0. The summed E-state index contributed by atoms with van der Waals surface area (Å²) in [5.41, 5.74) is 0. The molecule has 44 valence electrons. The van der Waals surface area contributed by atoms with Gasteiger partial charge in [-0.2, -0.15) is 0 Å². The fourth-order valence-corrected chi connectivity index (χ4v) is 14.7. The summed E-state index contributed by atoms with van der Waals surface area (Å²) >= 11 is -2.00. The summed E-state index contributed by atoms with van der Waals surface area (Å²) in [6.45, 7) is 0. The Balaban J connectivity index is 2.95. The first-order valence-corrected chi connectivity index (χ1v) is 14.4. The fraction of sp³-hybridized carbons (Fsp3) is 1.00. The van der Waals surface area contributed by atoms with Gasteiger partial charge >= 0.3 is 62.0 Å². The molecule has 0 rings (SSSR count). The van der Waals surface area contributed by atoms with Crippen LogP contribution in [0, 0.1) is 0 Å². The van der Waals surface area contributed by atoms with Crippen LogP contribution in [0.5, 0.6) is 0 Å². The molecule has 0 aliphatic rings. The van der Waals surface area contributed by atoms with Gasteiger partial charge < -0.3 is 0 Å². The predicted molar refractivity (Wildman–Crippen MR) is 36.0 cm³/mol. The molecule has 0 spiro atoms. The standard InChI is InChI=1S/4CH3.O.2Sb/h4*1H3;;;. The van der Waals surface area contributed by atoms with Crippen LogP contribution in [0.25, 0.3) is 0 Å². The first-order chi connectivity index (χ1) is 3.13. The molecule has 0 saturated heterocycles. The zero-order valence-electron chi connectivity index (χ0n) is 5.30. The second-order valence-electron chi connectivity index (χ2n) is 1.71. The fourth-order valence-electron chi connectivity index (χ4n) is 0.327. The first kappa shape index (κ1) is 8.60. The van der Waals surface area contributed by atoms with E-state index in [2.05, 4.69) is 19.5 Å². The summed E-state index contributed by atoms with van der Waals surface area (Å²) in [4.78, 5) is 9.08. The molecule has 0 fully saturated rings. The van der Waals surface area contributed by atoms with Crippen LogP contribution in [0.4, 0.5) is 0 Å². The molecule has 0 aromatic rings. The van der Waals surface area contributed by atoms with Gasteiger partial charge in [0.05, 0.1) is 0 Å². The van der Waals surface area contributed by atoms with Crippen molar-refractivity contribution < 1.29 is 1.29 Å². The Hall–Kier alpha value is 1.60. The van der Waals surface area contributed by atoms with E-state index in [1.54, 1.807) is 0 Å². The Morgan fingerprint density at radius 2 is 1.14 bits per heavy atom. The van der Waals surface area contributed by atoms with Crippen molar-refractivity contribution in [1.82, 2.24) is 0 Å². The molecule has 0 unspecified atom stereocenters. The van der Waals surface area contributed by atoms with Gasteiger partial charge in [0.2, 0.25) is 0 Å². The van der Waals surface area contributed by atoms with Gasteiger partial charge in [0.25, 0.3) is 0 Å². The average molecular weight is 320 g/mol. The normalized spacial score (nSPS) is 11.1. The molecule has 0 aliphatic heterocycles. The van der Waals surface area contributed by atoms with Crippen LogP contribution in [0.2, 0.25) is 19.5 Å². The van der Waals surface area contributed by atoms with Crippen LogP contribution < -0.4 is 0 Å². The van der Waals surface area contributed by atoms with Crippen molar-refractivity contribution in [2.75, 3.05) is 0 Å². The van der Waals surface area contributed by atoms with Gasteiger partial charge in [-0.15, -0.1) is 0 Å². The van der Waals surface area contributed by atoms with Gasteiger partial charge in [-0.05, 0) is 0 Å². The van der Waals surface area contributed by atoms with E-state index in [1.165, 1.54) is 0 Å². The Labute approximate surface area is 61.5 Å². The van der Waals surface area contributed by atoms with E-state index in [4.69, 9.17) is 1.29 Å². The minimum atomic E-state index is -1.00. The van der Waals surface area contributed by atoms with Crippen LogP contribution in [0.3, 0.4) is 0 Å². The monoisotopic (exact) mass is 318 g/mol. The SMILES string of the molecule is [CH3][Sb]([CH3])[O][Sb]([CH3])[CH3]. The van der Waals surface area contributed by atoms with Crippen molar-refractivity contribution in [2.45, 2.75) is 19.5 Å². The molecule has 1 nitrogen and oxygen atoms in total. The second kappa shape index (κ2) is 4.47. The van der Waals surface area contributed by atoms with Gasteiger partial charge in [-0.25, -0.2) is 0 Å². The molecule has 0 aromatic carbocycles. The Kier molecular flexibility index (Phi) is 5.49. The Morgan fingerprint density at radius 1 is 0.857 bits per heavy atom. The minimum absolute atomic E-state index is 1.000. The van der Waals surface area contributed by atoms with Crippen LogP contribution in [-0.4, -0.2) is 41.3 Å². The van der Waals surface area contributed by atoms with E-state index in [-0.39, 0.29) is 0 Å². The van der Waals surface area contributed by atoms with Crippen LogP contribution in [0.1, 0.15) is 0 Å². The van der Waals surface area contributed by atoms with E-state index in [0.29, 0.717) is 0 Å². The summed E-state index contributed by atoms with van der Waals surface area (Å²) in [5.74, 6) is 0. The molecule has 0 heterocycles. The molecule has 0 aliphatic carbocycles. The Morgan fingerprint density at radius 3 is 1.14 bits per heavy atom. The average Bonchev–Trinajstić information content (AvgIpc) is 1.27. The number of rotatable bonds is 2. The molecule has 0 radical (unpaired) electrons. The van der Waals surface area contributed by atoms with Crippen molar-refractivity contribution in [3.8, 4) is 0 Å². The molecule has 0 bridgehead atoms. The second-order valence-corrected chi connectivity index (χ2v) is 14.6. The van der Waals surface area contributed by atoms with Crippen LogP contribution in [0.15, 0.2) is 0 Å². The third-order valence-electron chi connectivity index (χ3n) is 0.327. The summed E-state index contributed by atoms with van der Waals surface area (Å²) in [6, 6.07) is 0. The summed E-state index contributed by atoms with van der Waals surface area (Å²) in [6.07, 6.45) is 0. The molecular weight excluding hydrogens is 308 g/mol. The van der Waals surface area contributed by atoms with Crippen LogP contribution in [-0.2, 0) is 1.29 Å². The topological polar surface area (TPSA) is 9.23 Å². The zero-order chi connectivity index (χ0) is 5.86. The van der Waals surface area contributed by atoms with E-state index in [0.717, 1.165) is 0 Å². The van der Waals surface area contributed by atoms with Gasteiger partial charge in [0.15, 0.2) is 0 Å². The van der Waals surface area contributed by atoms with Gasteiger partial charge in [-0.3, -0.25) is 0 Å². The van der Waals surface area contributed by atoms with Crippen molar-refractivity contribution in [3.05, 3.63) is 0 Å². The maximum absolute atomic E-state index is 5.62. The molecule has 3 heteroatoms. The predicted octanol–water partition coefficient (Wildman–Crippen LogP) is 1.51. The van der Waals surface area contributed by atoms with Gasteiger partial charge in [0, 0.05) is 0 Å². The van der Waals surface area contributed by atoms with Gasteiger partial charge in [0.1, 0.15) is 0 Å². The molecule has 0 saturated carbocycles. The third kappa shape index (κ3) is 7.60. The molecular formula is C4H12OSb2. The number of hydrogen-bond donors (Lipinski definition) is 0. The van der Waals surface area contributed by atoms with E-state index >= 15 is 0 Å². The molecule has 7 heavy (non-hydrogen) atoms. The van der Waals surface area contributed by atoms with Gasteiger partial charge in [-0.1, -0.05) is 0 Å². The van der Waals surface area contributed by atoms with Crippen LogP contribution >= 0.6 is 0 Å². The zero-order valence-corrected chi connectivity index (χ0v) is 10.4. The van der Waals surface area contributed by atoms with Crippen molar-refractivity contribution in [1.29, 1.82) is 0 Å². The van der Waals surface area contributed by atoms with E-state index < -0.39 is 41.3 Å². The molecule has 0 amide bonds. The van der Waals surface area contributed by atoms with Crippen molar-refractivity contribution >= 4 is 41.3 Å². The molecule has 0 atom stereocenters. The van der Waals surface area contributed by atoms with Crippen molar-refractivity contribution in [3.63, 3.8) is 0 Å². The van der Waals surface area contributed by atoms with E-state index in [1.807, 2.05) is 0 Å². The Bertz CT molecular complexity index is 39.0. The molecule has 0 aromatic heterocycles.